The lowest BCUT2D eigenvalue weighted by Gasteiger charge is -2.09. The molecular formula is C25H30N6. The second kappa shape index (κ2) is 9.25. The molecule has 0 fully saturated rings. The van der Waals surface area contributed by atoms with Crippen LogP contribution in [0.15, 0.2) is 54.2 Å². The highest BCUT2D eigenvalue weighted by Gasteiger charge is 2.18. The summed E-state index contributed by atoms with van der Waals surface area (Å²) in [4.78, 5) is 13.1. The van der Waals surface area contributed by atoms with Gasteiger partial charge in [-0.05, 0) is 67.5 Å². The van der Waals surface area contributed by atoms with E-state index in [9.17, 15) is 0 Å². The highest BCUT2D eigenvalue weighted by atomic mass is 15.3. The molecule has 160 valence electrons. The molecule has 3 aromatic rings. The molecule has 1 atom stereocenters. The maximum atomic E-state index is 5.72. The number of hydrogen-bond acceptors (Lipinski definition) is 5. The molecule has 2 aromatic heterocycles. The summed E-state index contributed by atoms with van der Waals surface area (Å²) in [6.07, 6.45) is 8.27. The molecule has 0 amide bonds. The SMILES string of the molecule is C=CC(=NCc1ccc(-c2ccnc(N)n2)cc1C)c1cc2n(n1)CCC(CC)CC2. The number of aromatic nitrogens is 4. The minimum Gasteiger partial charge on any atom is -0.368 e. The van der Waals surface area contributed by atoms with Crippen LogP contribution in [0.25, 0.3) is 11.3 Å². The van der Waals surface area contributed by atoms with E-state index in [1.165, 1.54) is 25.0 Å². The number of aryl methyl sites for hydroxylation is 3. The third-order valence-corrected chi connectivity index (χ3v) is 6.19. The van der Waals surface area contributed by atoms with Gasteiger partial charge in [-0.2, -0.15) is 5.10 Å². The summed E-state index contributed by atoms with van der Waals surface area (Å²) in [6.45, 7) is 9.93. The lowest BCUT2D eigenvalue weighted by molar-refractivity contribution is 0.424. The summed E-state index contributed by atoms with van der Waals surface area (Å²) in [5.74, 6) is 1.09. The van der Waals surface area contributed by atoms with Gasteiger partial charge in [0.1, 0.15) is 5.69 Å². The minimum absolute atomic E-state index is 0.281. The van der Waals surface area contributed by atoms with Crippen LogP contribution in [0.5, 0.6) is 0 Å². The third kappa shape index (κ3) is 4.74. The highest BCUT2D eigenvalue weighted by Crippen LogP contribution is 2.24. The summed E-state index contributed by atoms with van der Waals surface area (Å²) in [7, 11) is 0. The van der Waals surface area contributed by atoms with E-state index in [1.807, 2.05) is 12.1 Å². The molecule has 1 aromatic carbocycles. The molecule has 0 aliphatic carbocycles. The zero-order valence-electron chi connectivity index (χ0n) is 18.4. The molecule has 0 saturated carbocycles. The maximum Gasteiger partial charge on any atom is 0.220 e. The largest absolute Gasteiger partial charge is 0.368 e. The van der Waals surface area contributed by atoms with Crippen molar-refractivity contribution in [1.82, 2.24) is 19.7 Å². The number of allylic oxidation sites excluding steroid dienone is 1. The average molecular weight is 415 g/mol. The number of rotatable bonds is 6. The molecule has 3 heterocycles. The van der Waals surface area contributed by atoms with E-state index in [1.54, 1.807) is 6.20 Å². The van der Waals surface area contributed by atoms with Gasteiger partial charge in [-0.25, -0.2) is 9.97 Å². The molecule has 2 N–H and O–H groups in total. The van der Waals surface area contributed by atoms with Crippen LogP contribution in [-0.2, 0) is 19.5 Å². The number of nitrogens with zero attached hydrogens (tertiary/aromatic N) is 5. The lowest BCUT2D eigenvalue weighted by Crippen LogP contribution is -2.06. The summed E-state index contributed by atoms with van der Waals surface area (Å²) in [5.41, 5.74) is 13.0. The zero-order valence-corrected chi connectivity index (χ0v) is 18.4. The van der Waals surface area contributed by atoms with E-state index in [-0.39, 0.29) is 5.95 Å². The number of anilines is 1. The molecule has 1 unspecified atom stereocenters. The molecule has 0 saturated heterocycles. The third-order valence-electron chi connectivity index (χ3n) is 6.19. The predicted octanol–water partition coefficient (Wildman–Crippen LogP) is 4.77. The molecule has 6 heteroatoms. The van der Waals surface area contributed by atoms with Gasteiger partial charge in [-0.1, -0.05) is 32.1 Å². The topological polar surface area (TPSA) is 82.0 Å². The van der Waals surface area contributed by atoms with Crippen molar-refractivity contribution in [3.8, 4) is 11.3 Å². The Morgan fingerprint density at radius 1 is 1.29 bits per heavy atom. The van der Waals surface area contributed by atoms with Crippen molar-refractivity contribution in [3.05, 3.63) is 71.7 Å². The Bertz CT molecular complexity index is 1090. The molecule has 0 spiro atoms. The van der Waals surface area contributed by atoms with Crippen LogP contribution in [0.1, 0.15) is 48.7 Å². The Morgan fingerprint density at radius 3 is 2.90 bits per heavy atom. The van der Waals surface area contributed by atoms with Gasteiger partial charge in [0, 0.05) is 24.0 Å². The van der Waals surface area contributed by atoms with E-state index < -0.39 is 0 Å². The van der Waals surface area contributed by atoms with Gasteiger partial charge in [-0.3, -0.25) is 9.67 Å². The average Bonchev–Trinajstić information content (AvgIpc) is 3.08. The van der Waals surface area contributed by atoms with Crippen LogP contribution < -0.4 is 5.73 Å². The van der Waals surface area contributed by atoms with Crippen molar-refractivity contribution in [1.29, 1.82) is 0 Å². The quantitative estimate of drug-likeness (QED) is 0.589. The summed E-state index contributed by atoms with van der Waals surface area (Å²) < 4.78 is 2.16. The Morgan fingerprint density at radius 2 is 2.16 bits per heavy atom. The Hall–Kier alpha value is -3.28. The van der Waals surface area contributed by atoms with Crippen molar-refractivity contribution in [3.63, 3.8) is 0 Å². The van der Waals surface area contributed by atoms with Gasteiger partial charge >= 0.3 is 0 Å². The summed E-state index contributed by atoms with van der Waals surface area (Å²) in [6, 6.07) is 10.3. The normalized spacial score (nSPS) is 16.6. The molecule has 31 heavy (non-hydrogen) atoms. The first kappa shape index (κ1) is 21.0. The Kier molecular flexibility index (Phi) is 6.26. The molecule has 0 radical (unpaired) electrons. The smallest absolute Gasteiger partial charge is 0.220 e. The van der Waals surface area contributed by atoms with Gasteiger partial charge in [0.15, 0.2) is 0 Å². The summed E-state index contributed by atoms with van der Waals surface area (Å²) in [5, 5.41) is 4.84. The number of nitrogen functional groups attached to an aromatic ring is 1. The zero-order chi connectivity index (χ0) is 21.8. The number of nitrogens with two attached hydrogens (primary N) is 1. The minimum atomic E-state index is 0.281. The van der Waals surface area contributed by atoms with Gasteiger partial charge in [0.05, 0.1) is 18.0 Å². The number of fused-ring (bicyclic) bond motifs is 1. The standard InChI is InChI=1S/C25H30N6/c1-4-18-6-9-21-15-24(30-31(21)13-11-18)22(5-2)28-16-20-8-7-19(14-17(20)3)23-10-12-27-25(26)29-23/h5,7-8,10,12,14-15,18H,2,4,6,9,11,13,16H2,1,3H3,(H2,26,27,29). The van der Waals surface area contributed by atoms with E-state index in [2.05, 4.69) is 59.3 Å². The predicted molar refractivity (Wildman–Crippen MR) is 126 cm³/mol. The van der Waals surface area contributed by atoms with Crippen molar-refractivity contribution < 1.29 is 0 Å². The van der Waals surface area contributed by atoms with Gasteiger partial charge in [0.25, 0.3) is 0 Å². The fraction of sp³-hybridized carbons (Fsp3) is 0.360. The van der Waals surface area contributed by atoms with E-state index in [4.69, 9.17) is 15.8 Å². The van der Waals surface area contributed by atoms with Crippen LogP contribution in [0, 0.1) is 12.8 Å². The maximum absolute atomic E-state index is 5.72. The molecule has 4 rings (SSSR count). The molecular weight excluding hydrogens is 384 g/mol. The first-order valence-electron chi connectivity index (χ1n) is 11.0. The van der Waals surface area contributed by atoms with Gasteiger partial charge in [0.2, 0.25) is 5.95 Å². The number of aliphatic imine (C=N–C) groups is 1. The monoisotopic (exact) mass is 414 g/mol. The summed E-state index contributed by atoms with van der Waals surface area (Å²) >= 11 is 0. The Labute approximate surface area is 184 Å². The second-order valence-corrected chi connectivity index (χ2v) is 8.19. The van der Waals surface area contributed by atoms with E-state index in [0.29, 0.717) is 6.54 Å². The van der Waals surface area contributed by atoms with Crippen LogP contribution in [-0.4, -0.2) is 25.5 Å². The van der Waals surface area contributed by atoms with Crippen LogP contribution in [0.3, 0.4) is 0 Å². The second-order valence-electron chi connectivity index (χ2n) is 8.19. The molecule has 0 bridgehead atoms. The number of benzene rings is 1. The number of hydrogen-bond donors (Lipinski definition) is 1. The molecule has 6 nitrogen and oxygen atoms in total. The highest BCUT2D eigenvalue weighted by molar-refractivity contribution is 6.07. The molecule has 1 aliphatic heterocycles. The first-order valence-corrected chi connectivity index (χ1v) is 11.0. The fourth-order valence-corrected chi connectivity index (χ4v) is 4.17. The fourth-order valence-electron chi connectivity index (χ4n) is 4.17. The first-order chi connectivity index (χ1) is 15.1. The van der Waals surface area contributed by atoms with Gasteiger partial charge in [-0.15, -0.1) is 0 Å². The van der Waals surface area contributed by atoms with Crippen LogP contribution >= 0.6 is 0 Å². The Balaban J connectivity index is 1.52. The van der Waals surface area contributed by atoms with Crippen LogP contribution in [0.4, 0.5) is 5.95 Å². The van der Waals surface area contributed by atoms with Crippen molar-refractivity contribution in [2.75, 3.05) is 5.73 Å². The lowest BCUT2D eigenvalue weighted by atomic mass is 9.97. The van der Waals surface area contributed by atoms with Crippen molar-refractivity contribution >= 4 is 11.7 Å². The van der Waals surface area contributed by atoms with Gasteiger partial charge < -0.3 is 5.73 Å². The molecule has 1 aliphatic rings. The van der Waals surface area contributed by atoms with E-state index >= 15 is 0 Å². The van der Waals surface area contributed by atoms with Crippen molar-refractivity contribution in [2.24, 2.45) is 10.9 Å². The van der Waals surface area contributed by atoms with Crippen LogP contribution in [0.2, 0.25) is 0 Å². The van der Waals surface area contributed by atoms with E-state index in [0.717, 1.165) is 52.7 Å². The van der Waals surface area contributed by atoms with Crippen molar-refractivity contribution in [2.45, 2.75) is 52.6 Å².